The van der Waals surface area contributed by atoms with E-state index >= 15 is 0 Å². The van der Waals surface area contributed by atoms with Gasteiger partial charge in [-0.2, -0.15) is 0 Å². The highest BCUT2D eigenvalue weighted by atomic mass is 32.2. The minimum absolute atomic E-state index is 0.00515. The average molecular weight is 592 g/mol. The molecule has 5 nitrogen and oxygen atoms in total. The lowest BCUT2D eigenvalue weighted by Gasteiger charge is -2.08. The molecule has 4 aromatic rings. The van der Waals surface area contributed by atoms with Crippen LogP contribution in [0, 0.1) is 18.6 Å². The Morgan fingerprint density at radius 3 is 2.15 bits per heavy atom. The van der Waals surface area contributed by atoms with Crippen molar-refractivity contribution >= 4 is 46.8 Å². The van der Waals surface area contributed by atoms with Crippen LogP contribution in [0.25, 0.3) is 10.9 Å². The first-order valence-electron chi connectivity index (χ1n) is 13.0. The highest BCUT2D eigenvalue weighted by Crippen LogP contribution is 2.34. The van der Waals surface area contributed by atoms with Crippen molar-refractivity contribution in [3.8, 4) is 0 Å². The summed E-state index contributed by atoms with van der Waals surface area (Å²) in [5, 5.41) is 2.28. The van der Waals surface area contributed by atoms with Crippen LogP contribution in [0.15, 0.2) is 63.7 Å². The van der Waals surface area contributed by atoms with Crippen molar-refractivity contribution in [1.29, 1.82) is 0 Å². The van der Waals surface area contributed by atoms with Gasteiger partial charge in [0.25, 0.3) is 0 Å². The van der Waals surface area contributed by atoms with Gasteiger partial charge in [0.05, 0.1) is 16.9 Å². The van der Waals surface area contributed by atoms with Crippen LogP contribution in [0.2, 0.25) is 18.1 Å². The van der Waals surface area contributed by atoms with E-state index in [0.29, 0.717) is 15.8 Å². The molecule has 0 aliphatic rings. The van der Waals surface area contributed by atoms with Crippen LogP contribution in [0.3, 0.4) is 0 Å². The first kappa shape index (κ1) is 30.7. The Bertz CT molecular complexity index is 1520. The quantitative estimate of drug-likeness (QED) is 0.118. The van der Waals surface area contributed by atoms with Gasteiger partial charge in [0, 0.05) is 36.7 Å². The van der Waals surface area contributed by atoms with Crippen molar-refractivity contribution in [3.05, 3.63) is 81.7 Å². The van der Waals surface area contributed by atoms with Crippen LogP contribution in [-0.4, -0.2) is 34.9 Å². The number of rotatable bonds is 9. The molecule has 0 amide bonds. The van der Waals surface area contributed by atoms with Crippen LogP contribution < -0.4 is 0 Å². The largest absolute Gasteiger partial charge is 0.468 e. The van der Waals surface area contributed by atoms with E-state index in [1.54, 1.807) is 22.9 Å². The highest BCUT2D eigenvalue weighted by Gasteiger charge is 2.25. The molecule has 0 spiro atoms. The Morgan fingerprint density at radius 1 is 0.974 bits per heavy atom. The third-order valence-corrected chi connectivity index (χ3v) is 13.5. The second kappa shape index (κ2) is 13.5. The molecular weight excluding hydrogens is 557 g/mol. The Kier molecular flexibility index (Phi) is 10.6. The van der Waals surface area contributed by atoms with Crippen molar-refractivity contribution < 1.29 is 26.7 Å². The van der Waals surface area contributed by atoms with Crippen LogP contribution >= 0.6 is 11.3 Å². The average Bonchev–Trinajstić information content (AvgIpc) is 3.49. The smallest absolute Gasteiger partial charge is 0.325 e. The summed E-state index contributed by atoms with van der Waals surface area (Å²) in [6.07, 6.45) is 0.230. The Balaban J connectivity index is 0.000000532. The molecule has 210 valence electrons. The fourth-order valence-corrected chi connectivity index (χ4v) is 9.05. The normalized spacial score (nSPS) is 11.5. The van der Waals surface area contributed by atoms with Gasteiger partial charge in [-0.15, -0.1) is 11.3 Å². The third-order valence-electron chi connectivity index (χ3n) is 7.12. The van der Waals surface area contributed by atoms with Gasteiger partial charge in [0.2, 0.25) is 9.84 Å². The van der Waals surface area contributed by atoms with Gasteiger partial charge >= 0.3 is 5.97 Å². The van der Waals surface area contributed by atoms with E-state index < -0.39 is 27.4 Å². The molecule has 2 heterocycles. The minimum Gasteiger partial charge on any atom is -0.468 e. The van der Waals surface area contributed by atoms with Gasteiger partial charge in [0.15, 0.2) is 0 Å². The Labute approximate surface area is 235 Å². The maximum atomic E-state index is 14.1. The molecule has 0 saturated carbocycles. The molecule has 4 rings (SSSR count). The monoisotopic (exact) mass is 591 g/mol. The Hall–Kier alpha value is -2.82. The molecule has 10 heteroatoms. The van der Waals surface area contributed by atoms with E-state index in [1.807, 2.05) is 0 Å². The Morgan fingerprint density at radius 2 is 1.59 bits per heavy atom. The van der Waals surface area contributed by atoms with Crippen molar-refractivity contribution in [2.45, 2.75) is 68.6 Å². The number of fused-ring (bicyclic) bond motifs is 1. The predicted octanol–water partition coefficient (Wildman–Crippen LogP) is 7.16. The van der Waals surface area contributed by atoms with Crippen LogP contribution in [-0.2, 0) is 32.3 Å². The second-order valence-corrected chi connectivity index (χ2v) is 16.4. The molecule has 0 bridgehead atoms. The van der Waals surface area contributed by atoms with E-state index in [4.69, 9.17) is 4.74 Å². The summed E-state index contributed by atoms with van der Waals surface area (Å²) in [5.41, 5.74) is 2.10. The summed E-state index contributed by atoms with van der Waals surface area (Å²) >= 11 is 1.27. The third kappa shape index (κ3) is 7.04. The second-order valence-electron chi connectivity index (χ2n) is 9.32. The number of methoxy groups -OCH3 is 1. The first-order valence-corrected chi connectivity index (χ1v) is 17.8. The number of aromatic nitrogens is 1. The summed E-state index contributed by atoms with van der Waals surface area (Å²) in [5.74, 6) is -1.40. The SMILES string of the molecule is CC[SiH](CC)CC.COC(=O)Cn1c(C)c(Cc2sccc2S(=O)(=O)c2ccc(F)cc2)c2cc(F)ccc21. The van der Waals surface area contributed by atoms with Crippen molar-refractivity contribution in [2.75, 3.05) is 7.11 Å². The van der Waals surface area contributed by atoms with Crippen LogP contribution in [0.1, 0.15) is 36.9 Å². The number of carbonyl (C=O) groups is 1. The first-order chi connectivity index (χ1) is 18.6. The molecule has 2 aromatic carbocycles. The van der Waals surface area contributed by atoms with Gasteiger partial charge in [-0.05, 0) is 66.4 Å². The number of ether oxygens (including phenoxy) is 1. The van der Waals surface area contributed by atoms with Crippen LogP contribution in [0.4, 0.5) is 8.78 Å². The predicted molar refractivity (Wildman–Crippen MR) is 156 cm³/mol. The summed E-state index contributed by atoms with van der Waals surface area (Å²) < 4.78 is 60.2. The molecule has 2 aromatic heterocycles. The maximum absolute atomic E-state index is 14.1. The molecule has 0 fully saturated rings. The fraction of sp³-hybridized carbons (Fsp3) is 0.345. The minimum atomic E-state index is -3.86. The van der Waals surface area contributed by atoms with E-state index in [2.05, 4.69) is 20.8 Å². The van der Waals surface area contributed by atoms with Crippen molar-refractivity contribution in [3.63, 3.8) is 0 Å². The van der Waals surface area contributed by atoms with Gasteiger partial charge in [-0.1, -0.05) is 38.9 Å². The standard InChI is InChI=1S/C23H19F2NO4S2.C6H16Si/c1-14-18(19-11-16(25)5-8-20(19)26(14)13-23(27)30-2)12-21-22(9-10-31-21)32(28,29)17-6-3-15(24)4-7-17;1-4-7(5-2)6-3/h3-11H,12-13H2,1-2H3;7H,4-6H2,1-3H3. The molecule has 0 saturated heterocycles. The van der Waals surface area contributed by atoms with Crippen LogP contribution in [0.5, 0.6) is 0 Å². The van der Waals surface area contributed by atoms with Gasteiger partial charge in [-0.3, -0.25) is 4.79 Å². The van der Waals surface area contributed by atoms with E-state index in [0.717, 1.165) is 23.4 Å². The molecule has 0 aliphatic heterocycles. The molecule has 0 N–H and O–H groups in total. The van der Waals surface area contributed by atoms with Gasteiger partial charge < -0.3 is 9.30 Å². The molecule has 0 atom stereocenters. The summed E-state index contributed by atoms with van der Waals surface area (Å²) in [6, 6.07) is 15.0. The van der Waals surface area contributed by atoms with E-state index in [9.17, 15) is 22.0 Å². The zero-order chi connectivity index (χ0) is 28.7. The van der Waals surface area contributed by atoms with E-state index in [-0.39, 0.29) is 31.6 Å². The number of nitrogens with zero attached hydrogens (tertiary/aromatic N) is 1. The lowest BCUT2D eigenvalue weighted by atomic mass is 10.1. The summed E-state index contributed by atoms with van der Waals surface area (Å²) in [7, 11) is -2.74. The zero-order valence-corrected chi connectivity index (χ0v) is 25.7. The topological polar surface area (TPSA) is 65.4 Å². The lowest BCUT2D eigenvalue weighted by molar-refractivity contribution is -0.141. The number of carbonyl (C=O) groups excluding carboxylic acids is 1. The van der Waals surface area contributed by atoms with Gasteiger partial charge in [0.1, 0.15) is 18.2 Å². The maximum Gasteiger partial charge on any atom is 0.325 e. The zero-order valence-electron chi connectivity index (χ0n) is 23.0. The number of hydrogen-bond acceptors (Lipinski definition) is 5. The molecule has 0 unspecified atom stereocenters. The molecule has 39 heavy (non-hydrogen) atoms. The molecular formula is C29H35F2NO4S2Si. The molecule has 0 radical (unpaired) electrons. The summed E-state index contributed by atoms with van der Waals surface area (Å²) in [4.78, 5) is 12.6. The number of halogens is 2. The van der Waals surface area contributed by atoms with Crippen molar-refractivity contribution in [2.24, 2.45) is 0 Å². The number of benzene rings is 2. The number of esters is 1. The van der Waals surface area contributed by atoms with Crippen molar-refractivity contribution in [1.82, 2.24) is 4.57 Å². The number of thiophene rings is 1. The fourth-order valence-electron chi connectivity index (χ4n) is 4.61. The summed E-state index contributed by atoms with van der Waals surface area (Å²) in [6.45, 7) is 8.73. The van der Waals surface area contributed by atoms with E-state index in [1.165, 1.54) is 66.9 Å². The highest BCUT2D eigenvalue weighted by molar-refractivity contribution is 7.91. The van der Waals surface area contributed by atoms with Gasteiger partial charge in [-0.25, -0.2) is 17.2 Å². The number of hydrogen-bond donors (Lipinski definition) is 0. The molecule has 0 aliphatic carbocycles. The number of sulfone groups is 1. The lowest BCUT2D eigenvalue weighted by Crippen LogP contribution is -2.12.